The zero-order valence-corrected chi connectivity index (χ0v) is 17.4. The summed E-state index contributed by atoms with van der Waals surface area (Å²) in [5.41, 5.74) is 2.58. The van der Waals surface area contributed by atoms with Crippen molar-refractivity contribution in [1.29, 1.82) is 0 Å². The van der Waals surface area contributed by atoms with E-state index in [4.69, 9.17) is 4.42 Å². The predicted molar refractivity (Wildman–Crippen MR) is 111 cm³/mol. The van der Waals surface area contributed by atoms with E-state index in [9.17, 15) is 13.2 Å². The van der Waals surface area contributed by atoms with Crippen molar-refractivity contribution in [3.8, 4) is 11.3 Å². The molecule has 0 bridgehead atoms. The van der Waals surface area contributed by atoms with Crippen molar-refractivity contribution in [2.24, 2.45) is 0 Å². The fraction of sp³-hybridized carbons (Fsp3) is 0.238. The second-order valence-corrected chi connectivity index (χ2v) is 8.25. The predicted octanol–water partition coefficient (Wildman–Crippen LogP) is 3.82. The number of nitrogens with one attached hydrogen (secondary N) is 1. The van der Waals surface area contributed by atoms with Crippen molar-refractivity contribution in [3.05, 3.63) is 66.2 Å². The van der Waals surface area contributed by atoms with E-state index >= 15 is 0 Å². The number of hydrogen-bond acceptors (Lipinski definition) is 5. The Hall–Kier alpha value is -3.13. The molecule has 1 amide bonds. The van der Waals surface area contributed by atoms with Crippen molar-refractivity contribution in [1.82, 2.24) is 9.88 Å². The van der Waals surface area contributed by atoms with Gasteiger partial charge in [-0.1, -0.05) is 30.3 Å². The van der Waals surface area contributed by atoms with Gasteiger partial charge >= 0.3 is 0 Å². The molecule has 0 spiro atoms. The van der Waals surface area contributed by atoms with Gasteiger partial charge in [-0.25, -0.2) is 13.4 Å². The molecule has 0 radical (unpaired) electrons. The Kier molecular flexibility index (Phi) is 6.03. The van der Waals surface area contributed by atoms with Crippen LogP contribution in [0.2, 0.25) is 0 Å². The minimum atomic E-state index is -3.79. The van der Waals surface area contributed by atoms with Gasteiger partial charge in [-0.05, 0) is 30.7 Å². The van der Waals surface area contributed by atoms with E-state index in [-0.39, 0.29) is 10.8 Å². The van der Waals surface area contributed by atoms with Crippen molar-refractivity contribution in [2.75, 3.05) is 11.3 Å². The minimum absolute atomic E-state index is 0.0659. The third-order valence-corrected chi connectivity index (χ3v) is 5.91. The molecule has 152 valence electrons. The van der Waals surface area contributed by atoms with Crippen LogP contribution < -0.4 is 4.72 Å². The van der Waals surface area contributed by atoms with Gasteiger partial charge in [-0.3, -0.25) is 9.52 Å². The van der Waals surface area contributed by atoms with E-state index in [2.05, 4.69) is 9.71 Å². The highest BCUT2D eigenvalue weighted by molar-refractivity contribution is 7.92. The number of nitrogens with zero attached hydrogens (tertiary/aromatic N) is 2. The third-order valence-electron chi connectivity index (χ3n) is 4.53. The molecule has 7 nitrogen and oxygen atoms in total. The van der Waals surface area contributed by atoms with Crippen LogP contribution in [-0.2, 0) is 21.4 Å². The van der Waals surface area contributed by atoms with E-state index in [1.54, 1.807) is 42.2 Å². The third kappa shape index (κ3) is 4.83. The summed E-state index contributed by atoms with van der Waals surface area (Å²) in [6.07, 6.45) is 1.53. The Morgan fingerprint density at radius 2 is 1.83 bits per heavy atom. The maximum Gasteiger partial charge on any atom is 0.261 e. The number of carbonyl (C=O) groups excluding carboxylic acids is 1. The molecule has 0 atom stereocenters. The molecule has 2 aromatic carbocycles. The lowest BCUT2D eigenvalue weighted by molar-refractivity contribution is -0.129. The standard InChI is InChI=1S/C21H23N3O4S/c1-4-24(16(3)25)13-18-7-5-6-8-20(18)23-29(26,27)19-11-9-17(10-12-19)21-14-28-15(2)22-21/h5-12,14,23H,4,13H2,1-3H3. The lowest BCUT2D eigenvalue weighted by atomic mass is 10.1. The molecule has 3 rings (SSSR count). The highest BCUT2D eigenvalue weighted by Crippen LogP contribution is 2.24. The van der Waals surface area contributed by atoms with Crippen molar-refractivity contribution >= 4 is 21.6 Å². The zero-order valence-electron chi connectivity index (χ0n) is 16.5. The van der Waals surface area contributed by atoms with Crippen LogP contribution in [0.4, 0.5) is 5.69 Å². The smallest absolute Gasteiger partial charge is 0.261 e. The second-order valence-electron chi connectivity index (χ2n) is 6.57. The number of amides is 1. The summed E-state index contributed by atoms with van der Waals surface area (Å²) >= 11 is 0. The van der Waals surface area contributed by atoms with Gasteiger partial charge in [-0.15, -0.1) is 0 Å². The molecule has 0 saturated carbocycles. The molecule has 8 heteroatoms. The van der Waals surface area contributed by atoms with Crippen LogP contribution in [0, 0.1) is 6.92 Å². The van der Waals surface area contributed by atoms with Gasteiger partial charge in [-0.2, -0.15) is 0 Å². The van der Waals surface area contributed by atoms with Crippen molar-refractivity contribution in [2.45, 2.75) is 32.2 Å². The Bertz CT molecular complexity index is 1100. The van der Waals surface area contributed by atoms with Crippen LogP contribution in [0.25, 0.3) is 11.3 Å². The fourth-order valence-electron chi connectivity index (χ4n) is 2.91. The van der Waals surface area contributed by atoms with Crippen LogP contribution >= 0.6 is 0 Å². The summed E-state index contributed by atoms with van der Waals surface area (Å²) in [6, 6.07) is 13.5. The molecular formula is C21H23N3O4S. The number of sulfonamides is 1. The van der Waals surface area contributed by atoms with Gasteiger partial charge in [0.05, 0.1) is 10.6 Å². The first-order valence-corrected chi connectivity index (χ1v) is 10.7. The minimum Gasteiger partial charge on any atom is -0.449 e. The Balaban J connectivity index is 1.83. The van der Waals surface area contributed by atoms with Gasteiger partial charge in [0.25, 0.3) is 10.0 Å². The van der Waals surface area contributed by atoms with Gasteiger partial charge in [0.2, 0.25) is 5.91 Å². The normalized spacial score (nSPS) is 11.3. The first-order valence-electron chi connectivity index (χ1n) is 9.19. The average molecular weight is 413 g/mol. The first kappa shape index (κ1) is 20.6. The van der Waals surface area contributed by atoms with E-state index in [0.717, 1.165) is 11.1 Å². The van der Waals surface area contributed by atoms with E-state index < -0.39 is 10.0 Å². The molecule has 29 heavy (non-hydrogen) atoms. The maximum atomic E-state index is 12.9. The number of rotatable bonds is 7. The summed E-state index contributed by atoms with van der Waals surface area (Å²) < 4.78 is 33.6. The lowest BCUT2D eigenvalue weighted by Gasteiger charge is -2.21. The van der Waals surface area contributed by atoms with Crippen LogP contribution in [0.1, 0.15) is 25.3 Å². The monoisotopic (exact) mass is 413 g/mol. The molecule has 0 aliphatic carbocycles. The summed E-state index contributed by atoms with van der Waals surface area (Å²) in [7, 11) is -3.79. The summed E-state index contributed by atoms with van der Waals surface area (Å²) in [5.74, 6) is 0.477. The molecule has 0 aliphatic heterocycles. The SMILES string of the molecule is CCN(Cc1ccccc1NS(=O)(=O)c1ccc(-c2coc(C)n2)cc1)C(C)=O. The topological polar surface area (TPSA) is 92.5 Å². The van der Waals surface area contributed by atoms with Crippen LogP contribution in [-0.4, -0.2) is 30.8 Å². The quantitative estimate of drug-likeness (QED) is 0.636. The number of aromatic nitrogens is 1. The van der Waals surface area contributed by atoms with Crippen LogP contribution in [0.3, 0.4) is 0 Å². The van der Waals surface area contributed by atoms with Gasteiger partial charge in [0, 0.05) is 32.5 Å². The zero-order chi connectivity index (χ0) is 21.0. The average Bonchev–Trinajstić information content (AvgIpc) is 3.13. The van der Waals surface area contributed by atoms with E-state index in [0.29, 0.717) is 30.4 Å². The highest BCUT2D eigenvalue weighted by Gasteiger charge is 2.18. The van der Waals surface area contributed by atoms with Gasteiger partial charge in [0.15, 0.2) is 5.89 Å². The molecular weight excluding hydrogens is 390 g/mol. The summed E-state index contributed by atoms with van der Waals surface area (Å²) in [5, 5.41) is 0. The molecule has 1 N–H and O–H groups in total. The largest absolute Gasteiger partial charge is 0.449 e. The van der Waals surface area contributed by atoms with Crippen molar-refractivity contribution in [3.63, 3.8) is 0 Å². The molecule has 0 fully saturated rings. The number of anilines is 1. The number of hydrogen-bond donors (Lipinski definition) is 1. The molecule has 0 unspecified atom stereocenters. The van der Waals surface area contributed by atoms with Crippen LogP contribution in [0.5, 0.6) is 0 Å². The Morgan fingerprint density at radius 1 is 1.14 bits per heavy atom. The number of carbonyl (C=O) groups is 1. The Labute approximate surface area is 170 Å². The molecule has 3 aromatic rings. The highest BCUT2D eigenvalue weighted by atomic mass is 32.2. The lowest BCUT2D eigenvalue weighted by Crippen LogP contribution is -2.28. The van der Waals surface area contributed by atoms with E-state index in [1.807, 2.05) is 13.0 Å². The number of aryl methyl sites for hydroxylation is 1. The summed E-state index contributed by atoms with van der Waals surface area (Å²) in [6.45, 7) is 5.99. The number of para-hydroxylation sites is 1. The Morgan fingerprint density at radius 3 is 2.41 bits per heavy atom. The fourth-order valence-corrected chi connectivity index (χ4v) is 4.01. The van der Waals surface area contributed by atoms with E-state index in [1.165, 1.54) is 25.3 Å². The maximum absolute atomic E-state index is 12.9. The molecule has 0 saturated heterocycles. The second kappa shape index (κ2) is 8.48. The number of benzene rings is 2. The van der Waals surface area contributed by atoms with Crippen LogP contribution in [0.15, 0.2) is 64.1 Å². The van der Waals surface area contributed by atoms with Gasteiger partial charge < -0.3 is 9.32 Å². The summed E-state index contributed by atoms with van der Waals surface area (Å²) in [4.78, 5) is 17.7. The molecule has 1 aromatic heterocycles. The molecule has 0 aliphatic rings. The molecule has 1 heterocycles. The first-order chi connectivity index (χ1) is 13.8. The van der Waals surface area contributed by atoms with Crippen molar-refractivity contribution < 1.29 is 17.6 Å². The van der Waals surface area contributed by atoms with Gasteiger partial charge in [0.1, 0.15) is 12.0 Å². The number of oxazole rings is 1.